The van der Waals surface area contributed by atoms with E-state index in [1.165, 1.54) is 72.2 Å². The van der Waals surface area contributed by atoms with Gasteiger partial charge >= 0.3 is 0 Å². The monoisotopic (exact) mass is 729 g/mol. The zero-order valence-corrected chi connectivity index (χ0v) is 33.2. The van der Waals surface area contributed by atoms with E-state index in [1.807, 2.05) is 0 Å². The minimum absolute atomic E-state index is 0.116. The summed E-state index contributed by atoms with van der Waals surface area (Å²) >= 11 is 0. The molecule has 2 heteroatoms. The lowest BCUT2D eigenvalue weighted by Crippen LogP contribution is -2.75. The lowest BCUT2D eigenvalue weighted by molar-refractivity contribution is -0.259. The van der Waals surface area contributed by atoms with Gasteiger partial charge in [0.2, 0.25) is 0 Å². The van der Waals surface area contributed by atoms with Crippen LogP contribution in [0.2, 0.25) is 0 Å². The Morgan fingerprint density at radius 1 is 0.607 bits per heavy atom. The Kier molecular flexibility index (Phi) is 6.09. The maximum Gasteiger partial charge on any atom is 0.135 e. The van der Waals surface area contributed by atoms with Gasteiger partial charge in [0, 0.05) is 39.2 Å². The number of hydrogen-bond acceptors (Lipinski definition) is 2. The fourth-order valence-corrected chi connectivity index (χ4v) is 15.0. The van der Waals surface area contributed by atoms with Gasteiger partial charge in [-0.25, -0.2) is 0 Å². The summed E-state index contributed by atoms with van der Waals surface area (Å²) in [6.07, 6.45) is 18.3. The van der Waals surface area contributed by atoms with Crippen LogP contribution in [0, 0.1) is 35.0 Å². The van der Waals surface area contributed by atoms with Gasteiger partial charge in [0.25, 0.3) is 0 Å². The van der Waals surface area contributed by atoms with E-state index < -0.39 is 0 Å². The molecule has 278 valence electrons. The number of nitrogens with zero attached hydrogens (tertiary/aromatic N) is 1. The van der Waals surface area contributed by atoms with E-state index in [1.54, 1.807) is 11.1 Å². The lowest BCUT2D eigenvalue weighted by atomic mass is 9.26. The van der Waals surface area contributed by atoms with Crippen molar-refractivity contribution in [2.75, 3.05) is 4.90 Å². The number of allylic oxidation sites excluding steroid dienone is 4. The molecule has 7 aliphatic carbocycles. The summed E-state index contributed by atoms with van der Waals surface area (Å²) in [6.45, 7) is 9.70. The largest absolute Gasteiger partial charge is 0.456 e. The van der Waals surface area contributed by atoms with Crippen LogP contribution in [0.25, 0.3) is 33.1 Å². The Morgan fingerprint density at radius 2 is 1.34 bits per heavy atom. The smallest absolute Gasteiger partial charge is 0.135 e. The Balaban J connectivity index is 0.949. The van der Waals surface area contributed by atoms with E-state index in [0.717, 1.165) is 51.3 Å². The molecule has 2 bridgehead atoms. The summed E-state index contributed by atoms with van der Waals surface area (Å²) in [6, 6.07) is 39.4. The van der Waals surface area contributed by atoms with Gasteiger partial charge in [0.05, 0.1) is 0 Å². The average Bonchev–Trinajstić information content (AvgIpc) is 3.94. The molecule has 2 spiro atoms. The van der Waals surface area contributed by atoms with Gasteiger partial charge in [-0.3, -0.25) is 0 Å². The first-order chi connectivity index (χ1) is 27.2. The van der Waals surface area contributed by atoms with Crippen LogP contribution in [-0.4, -0.2) is 0 Å². The molecular formula is C54H51NO. The van der Waals surface area contributed by atoms with E-state index in [9.17, 15) is 0 Å². The highest BCUT2D eigenvalue weighted by atomic mass is 16.3. The van der Waals surface area contributed by atoms with Crippen LogP contribution < -0.4 is 4.90 Å². The average molecular weight is 730 g/mol. The number of para-hydroxylation sites is 1. The predicted molar refractivity (Wildman–Crippen MR) is 230 cm³/mol. The van der Waals surface area contributed by atoms with Crippen LogP contribution in [0.15, 0.2) is 132 Å². The molecule has 8 unspecified atom stereocenters. The van der Waals surface area contributed by atoms with Crippen molar-refractivity contribution in [3.8, 4) is 11.1 Å². The van der Waals surface area contributed by atoms with Crippen LogP contribution in [0.5, 0.6) is 0 Å². The highest BCUT2D eigenvalue weighted by molar-refractivity contribution is 6.06. The molecule has 5 aromatic carbocycles. The molecule has 1 heterocycles. The Morgan fingerprint density at radius 3 is 2.20 bits per heavy atom. The molecule has 4 fully saturated rings. The number of anilines is 3. The molecule has 1 aromatic heterocycles. The van der Waals surface area contributed by atoms with Gasteiger partial charge in [0.15, 0.2) is 0 Å². The minimum Gasteiger partial charge on any atom is -0.456 e. The van der Waals surface area contributed by atoms with Gasteiger partial charge in [-0.1, -0.05) is 107 Å². The van der Waals surface area contributed by atoms with Gasteiger partial charge in [-0.15, -0.1) is 0 Å². The van der Waals surface area contributed by atoms with Gasteiger partial charge < -0.3 is 9.32 Å². The zero-order valence-electron chi connectivity index (χ0n) is 33.2. The molecule has 7 aliphatic rings. The molecule has 8 atom stereocenters. The lowest BCUT2D eigenvalue weighted by Gasteiger charge is -2.78. The van der Waals surface area contributed by atoms with Crippen molar-refractivity contribution in [1.82, 2.24) is 0 Å². The van der Waals surface area contributed by atoms with Crippen LogP contribution >= 0.6 is 0 Å². The van der Waals surface area contributed by atoms with Crippen molar-refractivity contribution >= 4 is 39.0 Å². The third-order valence-corrected chi connectivity index (χ3v) is 17.3. The van der Waals surface area contributed by atoms with Gasteiger partial charge in [0.1, 0.15) is 11.2 Å². The van der Waals surface area contributed by atoms with Crippen molar-refractivity contribution in [3.05, 3.63) is 150 Å². The first-order valence-corrected chi connectivity index (χ1v) is 21.6. The van der Waals surface area contributed by atoms with E-state index in [2.05, 4.69) is 160 Å². The molecule has 0 radical (unpaired) electrons. The second-order valence-corrected chi connectivity index (χ2v) is 20.4. The second kappa shape index (κ2) is 10.6. The molecule has 4 saturated carbocycles. The quantitative estimate of drug-likeness (QED) is 0.180. The van der Waals surface area contributed by atoms with Gasteiger partial charge in [-0.2, -0.15) is 0 Å². The van der Waals surface area contributed by atoms with Crippen LogP contribution in [-0.2, 0) is 16.2 Å². The van der Waals surface area contributed by atoms with E-state index in [4.69, 9.17) is 4.42 Å². The summed E-state index contributed by atoms with van der Waals surface area (Å²) < 4.78 is 6.31. The predicted octanol–water partition coefficient (Wildman–Crippen LogP) is 14.2. The van der Waals surface area contributed by atoms with Crippen LogP contribution in [0.4, 0.5) is 17.1 Å². The number of rotatable bonds is 4. The number of furan rings is 1. The second-order valence-electron chi connectivity index (χ2n) is 20.4. The maximum absolute atomic E-state index is 6.31. The molecule has 0 aliphatic heterocycles. The fourth-order valence-electron chi connectivity index (χ4n) is 15.0. The number of fused-ring (bicyclic) bond motifs is 12. The standard InChI is InChI=1S/C54H51NO/c1-51(2)24-25-52(3,4)45-30-37(20-22-43(45)51)55(36-21-23-47-41(29-36)39-10-6-8-15-46(39)56-47)35-18-16-33(17-19-35)38-12-9-14-44-50(38)40-11-5-7-13-42(40)54(44)48-27-32-26-34-28-49(54)53(34,48)31-32/h5-23,29-30,32,34,40,42,48-49H,24-28,31H2,1-4H3. The first kappa shape index (κ1) is 32.3. The molecular weight excluding hydrogens is 679 g/mol. The van der Waals surface area contributed by atoms with Crippen molar-refractivity contribution in [2.45, 2.75) is 88.4 Å². The van der Waals surface area contributed by atoms with Crippen LogP contribution in [0.1, 0.15) is 94.4 Å². The third-order valence-electron chi connectivity index (χ3n) is 17.3. The number of benzene rings is 5. The van der Waals surface area contributed by atoms with Gasteiger partial charge in [-0.05, 0) is 166 Å². The summed E-state index contributed by atoms with van der Waals surface area (Å²) in [5, 5.41) is 2.32. The summed E-state index contributed by atoms with van der Waals surface area (Å²) in [5.74, 6) is 4.84. The summed E-state index contributed by atoms with van der Waals surface area (Å²) in [7, 11) is 0. The first-order valence-electron chi connectivity index (χ1n) is 21.6. The molecule has 0 N–H and O–H groups in total. The molecule has 0 saturated heterocycles. The SMILES string of the molecule is CC1(C)CCC(C)(C)c2cc(N(c3ccc(-c4cccc5c4C4C=CC=CC4C54C5CC6CC7CC4C75C6)cc3)c3ccc4oc5ccccc5c4c3)ccc21. The number of hydrogen-bond donors (Lipinski definition) is 0. The topological polar surface area (TPSA) is 16.4 Å². The highest BCUT2D eigenvalue weighted by Crippen LogP contribution is 2.90. The Labute approximate surface area is 331 Å². The van der Waals surface area contributed by atoms with Crippen LogP contribution in [0.3, 0.4) is 0 Å². The van der Waals surface area contributed by atoms with E-state index in [0.29, 0.717) is 22.7 Å². The van der Waals surface area contributed by atoms with Crippen molar-refractivity contribution in [1.29, 1.82) is 0 Å². The van der Waals surface area contributed by atoms with E-state index >= 15 is 0 Å². The summed E-state index contributed by atoms with van der Waals surface area (Å²) in [5.41, 5.74) is 15.8. The molecule has 6 aromatic rings. The molecule has 56 heavy (non-hydrogen) atoms. The van der Waals surface area contributed by atoms with Crippen molar-refractivity contribution < 1.29 is 4.42 Å². The Hall–Kier alpha value is -4.82. The minimum atomic E-state index is 0.116. The van der Waals surface area contributed by atoms with E-state index in [-0.39, 0.29) is 10.8 Å². The molecule has 13 rings (SSSR count). The summed E-state index contributed by atoms with van der Waals surface area (Å²) in [4.78, 5) is 2.48. The third kappa shape index (κ3) is 3.81. The fraction of sp³-hybridized carbons (Fsp3) is 0.370. The normalized spacial score (nSPS) is 32.9. The van der Waals surface area contributed by atoms with Crippen molar-refractivity contribution in [3.63, 3.8) is 0 Å². The Bertz CT molecular complexity index is 2720. The molecule has 2 nitrogen and oxygen atoms in total. The maximum atomic E-state index is 6.31. The van der Waals surface area contributed by atoms with Crippen molar-refractivity contribution in [2.24, 2.45) is 35.0 Å². The highest BCUT2D eigenvalue weighted by Gasteiger charge is 2.85. The molecule has 0 amide bonds. The zero-order chi connectivity index (χ0) is 37.3.